The minimum atomic E-state index is -0.327. The van der Waals surface area contributed by atoms with Crippen LogP contribution in [0.2, 0.25) is 0 Å². The molecule has 0 radical (unpaired) electrons. The summed E-state index contributed by atoms with van der Waals surface area (Å²) in [6, 6.07) is 5.14. The van der Waals surface area contributed by atoms with Crippen LogP contribution in [-0.2, 0) is 4.74 Å². The van der Waals surface area contributed by atoms with E-state index in [0.717, 1.165) is 31.2 Å². The van der Waals surface area contributed by atoms with Gasteiger partial charge < -0.3 is 14.8 Å². The van der Waals surface area contributed by atoms with E-state index in [-0.39, 0.29) is 23.2 Å². The third-order valence-electron chi connectivity index (χ3n) is 4.43. The molecule has 1 atom stereocenters. The molecule has 1 fully saturated rings. The molecule has 1 aromatic carbocycles. The topological polar surface area (TPSA) is 30.5 Å². The summed E-state index contributed by atoms with van der Waals surface area (Å²) in [7, 11) is 5.14. The van der Waals surface area contributed by atoms with Crippen molar-refractivity contribution in [3.05, 3.63) is 29.6 Å². The van der Waals surface area contributed by atoms with Crippen molar-refractivity contribution in [1.29, 1.82) is 0 Å². The maximum Gasteiger partial charge on any atom is 0.165 e. The molecule has 20 heavy (non-hydrogen) atoms. The van der Waals surface area contributed by atoms with Crippen molar-refractivity contribution in [2.45, 2.75) is 43.7 Å². The third-order valence-corrected chi connectivity index (χ3v) is 4.43. The highest BCUT2D eigenvalue weighted by atomic mass is 19.1. The molecule has 4 heteroatoms. The van der Waals surface area contributed by atoms with Gasteiger partial charge in [0.25, 0.3) is 0 Å². The fourth-order valence-electron chi connectivity index (χ4n) is 3.36. The molecule has 0 aromatic heterocycles. The number of likely N-dealkylation sites (N-methyl/N-ethyl adjacent to an activating group) is 1. The van der Waals surface area contributed by atoms with E-state index in [1.807, 2.05) is 13.1 Å². The van der Waals surface area contributed by atoms with E-state index in [2.05, 4.69) is 5.32 Å². The maximum absolute atomic E-state index is 13.9. The van der Waals surface area contributed by atoms with Gasteiger partial charge in [0.15, 0.2) is 11.6 Å². The van der Waals surface area contributed by atoms with Crippen molar-refractivity contribution < 1.29 is 13.9 Å². The number of benzene rings is 1. The summed E-state index contributed by atoms with van der Waals surface area (Å²) in [5, 5.41) is 3.31. The van der Waals surface area contributed by atoms with Crippen molar-refractivity contribution >= 4 is 0 Å². The third kappa shape index (κ3) is 2.81. The average Bonchev–Trinajstić information content (AvgIpc) is 2.49. The molecular formula is C16H24FNO2. The van der Waals surface area contributed by atoms with Crippen LogP contribution in [0, 0.1) is 5.82 Å². The molecule has 112 valence electrons. The van der Waals surface area contributed by atoms with Gasteiger partial charge in [-0.3, -0.25) is 0 Å². The molecule has 0 amide bonds. The Labute approximate surface area is 120 Å². The van der Waals surface area contributed by atoms with E-state index >= 15 is 0 Å². The first-order chi connectivity index (χ1) is 9.66. The van der Waals surface area contributed by atoms with Gasteiger partial charge in [-0.15, -0.1) is 0 Å². The van der Waals surface area contributed by atoms with E-state index in [4.69, 9.17) is 9.47 Å². The molecule has 1 aliphatic carbocycles. The van der Waals surface area contributed by atoms with Gasteiger partial charge >= 0.3 is 0 Å². The van der Waals surface area contributed by atoms with Gasteiger partial charge in [0.2, 0.25) is 0 Å². The highest BCUT2D eigenvalue weighted by molar-refractivity contribution is 5.32. The molecule has 1 aliphatic rings. The summed E-state index contributed by atoms with van der Waals surface area (Å²) in [6.07, 6.45) is 5.57. The van der Waals surface area contributed by atoms with Crippen LogP contribution in [0.3, 0.4) is 0 Å². The minimum Gasteiger partial charge on any atom is -0.494 e. The molecule has 1 N–H and O–H groups in total. The number of rotatable bonds is 5. The number of hydrogen-bond donors (Lipinski definition) is 1. The molecule has 1 unspecified atom stereocenters. The monoisotopic (exact) mass is 281 g/mol. The van der Waals surface area contributed by atoms with Crippen molar-refractivity contribution in [2.24, 2.45) is 0 Å². The SMILES string of the molecule is CNC(c1ccc(OC)c(F)c1)C1(OC)CCCCC1. The smallest absolute Gasteiger partial charge is 0.165 e. The summed E-state index contributed by atoms with van der Waals surface area (Å²) in [5.74, 6) is -0.0500. The fourth-order valence-corrected chi connectivity index (χ4v) is 3.36. The average molecular weight is 281 g/mol. The molecule has 0 spiro atoms. The standard InChI is InChI=1S/C16H24FNO2/c1-18-15(16(20-3)9-5-4-6-10-16)12-7-8-14(19-2)13(17)11-12/h7-8,11,15,18H,4-6,9-10H2,1-3H3. The summed E-state index contributed by atoms with van der Waals surface area (Å²) >= 11 is 0. The van der Waals surface area contributed by atoms with Gasteiger partial charge in [0.05, 0.1) is 18.8 Å². The van der Waals surface area contributed by atoms with Crippen LogP contribution in [0.25, 0.3) is 0 Å². The predicted molar refractivity (Wildman–Crippen MR) is 77.6 cm³/mol. The molecule has 0 bridgehead atoms. The van der Waals surface area contributed by atoms with Crippen LogP contribution in [-0.4, -0.2) is 26.9 Å². The van der Waals surface area contributed by atoms with E-state index in [1.54, 1.807) is 19.2 Å². The second-order valence-electron chi connectivity index (χ2n) is 5.45. The lowest BCUT2D eigenvalue weighted by atomic mass is 9.76. The lowest BCUT2D eigenvalue weighted by Gasteiger charge is -2.42. The summed E-state index contributed by atoms with van der Waals surface area (Å²) in [6.45, 7) is 0. The number of ether oxygens (including phenoxy) is 2. The molecular weight excluding hydrogens is 257 g/mol. The second kappa shape index (κ2) is 6.55. The van der Waals surface area contributed by atoms with Gasteiger partial charge in [-0.1, -0.05) is 25.3 Å². The molecule has 2 rings (SSSR count). The number of halogens is 1. The van der Waals surface area contributed by atoms with Crippen LogP contribution in [0.15, 0.2) is 18.2 Å². The van der Waals surface area contributed by atoms with Gasteiger partial charge in [-0.05, 0) is 37.6 Å². The number of hydrogen-bond acceptors (Lipinski definition) is 3. The van der Waals surface area contributed by atoms with Crippen LogP contribution in [0.1, 0.15) is 43.7 Å². The molecule has 1 saturated carbocycles. The van der Waals surface area contributed by atoms with Crippen LogP contribution >= 0.6 is 0 Å². The van der Waals surface area contributed by atoms with Gasteiger partial charge in [0, 0.05) is 7.11 Å². The maximum atomic E-state index is 13.9. The lowest BCUT2D eigenvalue weighted by Crippen LogP contribution is -2.46. The van der Waals surface area contributed by atoms with Crippen molar-refractivity contribution in [2.75, 3.05) is 21.3 Å². The molecule has 0 heterocycles. The molecule has 1 aromatic rings. The molecule has 0 aliphatic heterocycles. The van der Waals surface area contributed by atoms with Gasteiger partial charge in [-0.25, -0.2) is 4.39 Å². The Hall–Kier alpha value is -1.13. The Kier molecular flexibility index (Phi) is 5.00. The minimum absolute atomic E-state index is 0.00629. The fraction of sp³-hybridized carbons (Fsp3) is 0.625. The van der Waals surface area contributed by atoms with Crippen LogP contribution < -0.4 is 10.1 Å². The van der Waals surface area contributed by atoms with E-state index in [0.29, 0.717) is 0 Å². The van der Waals surface area contributed by atoms with E-state index in [9.17, 15) is 4.39 Å². The lowest BCUT2D eigenvalue weighted by molar-refractivity contribution is -0.0672. The number of methoxy groups -OCH3 is 2. The first-order valence-corrected chi connectivity index (χ1v) is 7.22. The molecule has 3 nitrogen and oxygen atoms in total. The number of nitrogens with one attached hydrogen (secondary N) is 1. The zero-order valence-electron chi connectivity index (χ0n) is 12.5. The summed E-state index contributed by atoms with van der Waals surface area (Å²) in [4.78, 5) is 0. The Morgan fingerprint density at radius 3 is 2.40 bits per heavy atom. The predicted octanol–water partition coefficient (Wildman–Crippen LogP) is 3.44. The van der Waals surface area contributed by atoms with Gasteiger partial charge in [0.1, 0.15) is 0 Å². The Morgan fingerprint density at radius 2 is 1.90 bits per heavy atom. The van der Waals surface area contributed by atoms with Crippen LogP contribution in [0.5, 0.6) is 5.75 Å². The quantitative estimate of drug-likeness (QED) is 0.896. The normalized spacial score (nSPS) is 19.6. The van der Waals surface area contributed by atoms with Crippen LogP contribution in [0.4, 0.5) is 4.39 Å². The highest BCUT2D eigenvalue weighted by Crippen LogP contribution is 2.41. The van der Waals surface area contributed by atoms with Crippen molar-refractivity contribution in [1.82, 2.24) is 5.32 Å². The highest BCUT2D eigenvalue weighted by Gasteiger charge is 2.40. The summed E-state index contributed by atoms with van der Waals surface area (Å²) < 4.78 is 24.8. The summed E-state index contributed by atoms with van der Waals surface area (Å²) in [5.41, 5.74) is 0.670. The van der Waals surface area contributed by atoms with E-state index < -0.39 is 0 Å². The van der Waals surface area contributed by atoms with E-state index in [1.165, 1.54) is 13.5 Å². The van der Waals surface area contributed by atoms with Crippen molar-refractivity contribution in [3.63, 3.8) is 0 Å². The molecule has 0 saturated heterocycles. The van der Waals surface area contributed by atoms with Gasteiger partial charge in [-0.2, -0.15) is 0 Å². The Morgan fingerprint density at radius 1 is 1.20 bits per heavy atom. The zero-order valence-corrected chi connectivity index (χ0v) is 12.5. The van der Waals surface area contributed by atoms with Crippen molar-refractivity contribution in [3.8, 4) is 5.75 Å². The first-order valence-electron chi connectivity index (χ1n) is 7.22. The Bertz CT molecular complexity index is 444. The largest absolute Gasteiger partial charge is 0.494 e. The zero-order chi connectivity index (χ0) is 14.6. The first kappa shape index (κ1) is 15.3. The second-order valence-corrected chi connectivity index (χ2v) is 5.45. The Balaban J connectivity index is 2.33.